The Morgan fingerprint density at radius 1 is 1.00 bits per heavy atom. The first-order valence-corrected chi connectivity index (χ1v) is 10.9. The minimum Gasteiger partial charge on any atom is -0.335 e. The molecule has 0 bridgehead atoms. The molecule has 1 aromatic rings. The molecule has 0 unspecified atom stereocenters. The summed E-state index contributed by atoms with van der Waals surface area (Å²) >= 11 is 0. The smallest absolute Gasteiger partial charge is 0.282 e. The third-order valence-corrected chi connectivity index (χ3v) is 7.69. The van der Waals surface area contributed by atoms with E-state index in [9.17, 15) is 13.2 Å². The van der Waals surface area contributed by atoms with Crippen molar-refractivity contribution in [1.82, 2.24) is 33.9 Å². The van der Waals surface area contributed by atoms with Gasteiger partial charge in [-0.25, -0.2) is 0 Å². The number of aromatic nitrogens is 2. The van der Waals surface area contributed by atoms with Crippen molar-refractivity contribution in [2.45, 2.75) is 13.0 Å². The number of rotatable bonds is 3. The van der Waals surface area contributed by atoms with Gasteiger partial charge in [0.05, 0.1) is 0 Å². The van der Waals surface area contributed by atoms with E-state index in [0.29, 0.717) is 51.5 Å². The first kappa shape index (κ1) is 18.8. The molecule has 1 aromatic heterocycles. The van der Waals surface area contributed by atoms with Gasteiger partial charge in [0.2, 0.25) is 0 Å². The van der Waals surface area contributed by atoms with Crippen LogP contribution in [0.2, 0.25) is 0 Å². The molecule has 4 rings (SSSR count). The van der Waals surface area contributed by atoms with Crippen molar-refractivity contribution in [3.05, 3.63) is 17.0 Å². The van der Waals surface area contributed by atoms with Gasteiger partial charge in [0.15, 0.2) is 5.69 Å². The van der Waals surface area contributed by atoms with Crippen molar-refractivity contribution in [2.75, 3.05) is 66.0 Å². The minimum atomic E-state index is -3.46. The first-order chi connectivity index (χ1) is 13.0. The zero-order valence-corrected chi connectivity index (χ0v) is 16.5. The van der Waals surface area contributed by atoms with Crippen LogP contribution in [0.5, 0.6) is 0 Å². The highest BCUT2D eigenvalue weighted by Gasteiger charge is 2.35. The molecule has 0 radical (unpaired) electrons. The van der Waals surface area contributed by atoms with Crippen LogP contribution in [0.4, 0.5) is 0 Å². The van der Waals surface area contributed by atoms with Crippen LogP contribution >= 0.6 is 0 Å². The second kappa shape index (κ2) is 7.47. The SMILES string of the molecule is CN1CCN(S(=O)(=O)N2CCN(C(=O)c3n[nH]c4c3CNCC4)CC2)CC1. The quantitative estimate of drug-likeness (QED) is 0.630. The lowest BCUT2D eigenvalue weighted by Gasteiger charge is -2.39. The van der Waals surface area contributed by atoms with E-state index in [1.807, 2.05) is 7.05 Å². The number of likely N-dealkylation sites (N-methyl/N-ethyl adjacent to an activating group) is 1. The van der Waals surface area contributed by atoms with Crippen LogP contribution < -0.4 is 5.32 Å². The van der Waals surface area contributed by atoms with Gasteiger partial charge in [-0.3, -0.25) is 9.89 Å². The predicted molar refractivity (Wildman–Crippen MR) is 99.5 cm³/mol. The summed E-state index contributed by atoms with van der Waals surface area (Å²) in [5.74, 6) is -0.118. The third kappa shape index (κ3) is 3.61. The molecule has 0 atom stereocenters. The van der Waals surface area contributed by atoms with Crippen molar-refractivity contribution >= 4 is 16.1 Å². The van der Waals surface area contributed by atoms with E-state index in [1.165, 1.54) is 4.31 Å². The van der Waals surface area contributed by atoms with Crippen molar-refractivity contribution in [1.29, 1.82) is 0 Å². The fourth-order valence-corrected chi connectivity index (χ4v) is 5.43. The maximum Gasteiger partial charge on any atom is 0.282 e. The molecule has 1 amide bonds. The fourth-order valence-electron chi connectivity index (χ4n) is 3.86. The van der Waals surface area contributed by atoms with Crippen LogP contribution in [0.1, 0.15) is 21.7 Å². The Kier molecular flexibility index (Phi) is 5.21. The number of hydrogen-bond donors (Lipinski definition) is 2. The van der Waals surface area contributed by atoms with Gasteiger partial charge < -0.3 is 15.1 Å². The van der Waals surface area contributed by atoms with E-state index < -0.39 is 10.2 Å². The molecule has 0 aromatic carbocycles. The topological polar surface area (TPSA) is 105 Å². The van der Waals surface area contributed by atoms with Gasteiger partial charge in [-0.05, 0) is 7.05 Å². The summed E-state index contributed by atoms with van der Waals surface area (Å²) in [6.07, 6.45) is 0.840. The number of fused-ring (bicyclic) bond motifs is 1. The summed E-state index contributed by atoms with van der Waals surface area (Å²) in [5, 5.41) is 10.5. The number of carbonyl (C=O) groups is 1. The van der Waals surface area contributed by atoms with Gasteiger partial charge in [-0.1, -0.05) is 0 Å². The van der Waals surface area contributed by atoms with E-state index in [4.69, 9.17) is 0 Å². The summed E-state index contributed by atoms with van der Waals surface area (Å²) in [4.78, 5) is 16.7. The largest absolute Gasteiger partial charge is 0.335 e. The lowest BCUT2D eigenvalue weighted by molar-refractivity contribution is 0.0685. The van der Waals surface area contributed by atoms with Crippen molar-refractivity contribution in [3.63, 3.8) is 0 Å². The van der Waals surface area contributed by atoms with E-state index in [-0.39, 0.29) is 5.91 Å². The number of carbonyl (C=O) groups excluding carboxylic acids is 1. The van der Waals surface area contributed by atoms with Gasteiger partial charge in [0.25, 0.3) is 16.1 Å². The molecule has 3 aliphatic heterocycles. The highest BCUT2D eigenvalue weighted by molar-refractivity contribution is 7.86. The number of nitrogens with one attached hydrogen (secondary N) is 2. The van der Waals surface area contributed by atoms with Crippen molar-refractivity contribution in [2.24, 2.45) is 0 Å². The van der Waals surface area contributed by atoms with Crippen LogP contribution in [0, 0.1) is 0 Å². The average Bonchev–Trinajstić information content (AvgIpc) is 3.12. The molecular weight excluding hydrogens is 370 g/mol. The maximum atomic E-state index is 12.9. The predicted octanol–water partition coefficient (Wildman–Crippen LogP) is -1.69. The van der Waals surface area contributed by atoms with Gasteiger partial charge in [-0.15, -0.1) is 0 Å². The Morgan fingerprint density at radius 3 is 2.30 bits per heavy atom. The molecule has 150 valence electrons. The zero-order valence-electron chi connectivity index (χ0n) is 15.6. The summed E-state index contributed by atoms with van der Waals surface area (Å²) in [5.41, 5.74) is 2.43. The van der Waals surface area contributed by atoms with Gasteiger partial charge in [0.1, 0.15) is 0 Å². The highest BCUT2D eigenvalue weighted by Crippen LogP contribution is 2.19. The molecule has 2 N–H and O–H groups in total. The summed E-state index contributed by atoms with van der Waals surface area (Å²) < 4.78 is 28.8. The van der Waals surface area contributed by atoms with Gasteiger partial charge >= 0.3 is 0 Å². The summed E-state index contributed by atoms with van der Waals surface area (Å²) in [6, 6.07) is 0. The lowest BCUT2D eigenvalue weighted by Crippen LogP contribution is -2.57. The number of aromatic amines is 1. The molecule has 2 saturated heterocycles. The molecule has 0 aliphatic carbocycles. The standard InChI is InChI=1S/C16H27N7O3S/c1-20-4-8-22(9-5-20)27(25,26)23-10-6-21(7-11-23)16(24)15-13-12-17-3-2-14(13)18-19-15/h17H,2-12H2,1H3,(H,18,19). The van der Waals surface area contributed by atoms with Crippen LogP contribution in [-0.2, 0) is 23.2 Å². The van der Waals surface area contributed by atoms with Crippen LogP contribution in [0.3, 0.4) is 0 Å². The molecule has 0 spiro atoms. The second-order valence-corrected chi connectivity index (χ2v) is 9.29. The molecule has 3 aliphatic rings. The summed E-state index contributed by atoms with van der Waals surface area (Å²) in [6.45, 7) is 5.48. The Balaban J connectivity index is 1.39. The Hall–Kier alpha value is -1.53. The molecular formula is C16H27N7O3S. The number of H-pyrrole nitrogens is 1. The molecule has 10 nitrogen and oxygen atoms in total. The Labute approximate surface area is 159 Å². The summed E-state index contributed by atoms with van der Waals surface area (Å²) in [7, 11) is -1.46. The normalized spacial score (nSPS) is 23.4. The maximum absolute atomic E-state index is 12.9. The van der Waals surface area contributed by atoms with Crippen LogP contribution in [-0.4, -0.2) is 109 Å². The number of amides is 1. The van der Waals surface area contributed by atoms with Gasteiger partial charge in [-0.2, -0.15) is 22.1 Å². The second-order valence-electron chi connectivity index (χ2n) is 7.36. The van der Waals surface area contributed by atoms with Crippen molar-refractivity contribution < 1.29 is 13.2 Å². The molecule has 27 heavy (non-hydrogen) atoms. The molecule has 11 heteroatoms. The molecule has 2 fully saturated rings. The third-order valence-electron chi connectivity index (χ3n) is 5.65. The highest BCUT2D eigenvalue weighted by atomic mass is 32.2. The average molecular weight is 398 g/mol. The number of nitrogens with zero attached hydrogens (tertiary/aromatic N) is 5. The van der Waals surface area contributed by atoms with Gasteiger partial charge in [0, 0.05) is 83.1 Å². The minimum absolute atomic E-state index is 0.118. The van der Waals surface area contributed by atoms with E-state index >= 15 is 0 Å². The number of piperazine rings is 2. The van der Waals surface area contributed by atoms with E-state index in [0.717, 1.165) is 37.3 Å². The van der Waals surface area contributed by atoms with Crippen LogP contribution in [0.15, 0.2) is 0 Å². The number of hydrogen-bond acceptors (Lipinski definition) is 6. The zero-order chi connectivity index (χ0) is 19.0. The van der Waals surface area contributed by atoms with E-state index in [2.05, 4.69) is 20.4 Å². The van der Waals surface area contributed by atoms with Crippen molar-refractivity contribution in [3.8, 4) is 0 Å². The first-order valence-electron chi connectivity index (χ1n) is 9.46. The monoisotopic (exact) mass is 397 g/mol. The van der Waals surface area contributed by atoms with E-state index in [1.54, 1.807) is 9.21 Å². The Bertz CT molecular complexity index is 793. The molecule has 0 saturated carbocycles. The lowest BCUT2D eigenvalue weighted by atomic mass is 10.1. The van der Waals surface area contributed by atoms with Crippen LogP contribution in [0.25, 0.3) is 0 Å². The molecule has 4 heterocycles. The fraction of sp³-hybridized carbons (Fsp3) is 0.750. The Morgan fingerprint density at radius 2 is 1.63 bits per heavy atom.